The highest BCUT2D eigenvalue weighted by Crippen LogP contribution is 2.37. The summed E-state index contributed by atoms with van der Waals surface area (Å²) in [6.45, 7) is 8.10. The lowest BCUT2D eigenvalue weighted by Crippen LogP contribution is -2.41. The molecule has 0 aromatic heterocycles. The molecule has 0 atom stereocenters. The van der Waals surface area contributed by atoms with Gasteiger partial charge in [0.1, 0.15) is 5.75 Å². The van der Waals surface area contributed by atoms with Gasteiger partial charge in [-0.2, -0.15) is 0 Å². The second kappa shape index (κ2) is 5.35. The zero-order valence-electron chi connectivity index (χ0n) is 13.6. The van der Waals surface area contributed by atoms with Gasteiger partial charge in [0.05, 0.1) is 24.0 Å². The van der Waals surface area contributed by atoms with E-state index in [2.05, 4.69) is 4.99 Å². The van der Waals surface area contributed by atoms with Crippen molar-refractivity contribution in [1.82, 2.24) is 0 Å². The second-order valence-corrected chi connectivity index (χ2v) is 6.20. The van der Waals surface area contributed by atoms with Crippen LogP contribution in [0.1, 0.15) is 33.3 Å². The van der Waals surface area contributed by atoms with E-state index in [-0.39, 0.29) is 11.2 Å². The molecule has 0 radical (unpaired) electrons. The van der Waals surface area contributed by atoms with Gasteiger partial charge in [0.25, 0.3) is 0 Å². The first-order chi connectivity index (χ1) is 9.71. The van der Waals surface area contributed by atoms with Gasteiger partial charge in [-0.1, -0.05) is 6.07 Å². The molecule has 0 saturated carbocycles. The zero-order valence-corrected chi connectivity index (χ0v) is 13.6. The van der Waals surface area contributed by atoms with E-state index in [9.17, 15) is 0 Å². The smallest absolute Gasteiger partial charge is 0.494 e. The number of anilines is 1. The van der Waals surface area contributed by atoms with Gasteiger partial charge in [-0.15, -0.1) is 0 Å². The van der Waals surface area contributed by atoms with E-state index in [1.807, 2.05) is 39.8 Å². The van der Waals surface area contributed by atoms with Gasteiger partial charge in [-0.25, -0.2) is 0 Å². The third-order valence-corrected chi connectivity index (χ3v) is 4.21. The molecule has 2 N–H and O–H groups in total. The minimum atomic E-state index is -0.450. The maximum atomic E-state index is 6.06. The average Bonchev–Trinajstić information content (AvgIpc) is 2.61. The van der Waals surface area contributed by atoms with Crippen LogP contribution < -0.4 is 15.9 Å². The number of ether oxygens (including phenoxy) is 1. The van der Waals surface area contributed by atoms with Crippen LogP contribution in [0.3, 0.4) is 0 Å². The highest BCUT2D eigenvalue weighted by molar-refractivity contribution is 6.62. The molecule has 1 aromatic carbocycles. The summed E-state index contributed by atoms with van der Waals surface area (Å²) in [4.78, 5) is 4.02. The highest BCUT2D eigenvalue weighted by atomic mass is 16.7. The monoisotopic (exact) mass is 290 g/mol. The maximum Gasteiger partial charge on any atom is 0.494 e. The summed E-state index contributed by atoms with van der Waals surface area (Å²) in [7, 11) is 2.84. The Kier molecular flexibility index (Phi) is 4.04. The van der Waals surface area contributed by atoms with Crippen LogP contribution >= 0.6 is 0 Å². The van der Waals surface area contributed by atoms with E-state index in [4.69, 9.17) is 19.8 Å². The van der Waals surface area contributed by atoms with Crippen LogP contribution in [0.25, 0.3) is 0 Å². The van der Waals surface area contributed by atoms with Crippen LogP contribution in [0, 0.1) is 0 Å². The molecule has 5 nitrogen and oxygen atoms in total. The number of methoxy groups -OCH3 is 1. The Morgan fingerprint density at radius 2 is 1.76 bits per heavy atom. The predicted octanol–water partition coefficient (Wildman–Crippen LogP) is 1.63. The summed E-state index contributed by atoms with van der Waals surface area (Å²) in [6, 6.07) is 3.78. The van der Waals surface area contributed by atoms with Crippen LogP contribution in [-0.4, -0.2) is 38.7 Å². The van der Waals surface area contributed by atoms with Crippen molar-refractivity contribution < 1.29 is 14.0 Å². The number of nitrogens with zero attached hydrogens (tertiary/aromatic N) is 1. The molecule has 1 aliphatic rings. The van der Waals surface area contributed by atoms with Gasteiger partial charge < -0.3 is 19.8 Å². The number of nitrogen functional groups attached to an aromatic ring is 1. The zero-order chi connectivity index (χ0) is 15.8. The first-order valence-electron chi connectivity index (χ1n) is 6.97. The molecule has 2 rings (SSSR count). The van der Waals surface area contributed by atoms with Crippen molar-refractivity contribution >= 4 is 24.5 Å². The average molecular weight is 290 g/mol. The maximum absolute atomic E-state index is 6.06. The van der Waals surface area contributed by atoms with Gasteiger partial charge in [0.2, 0.25) is 0 Å². The Morgan fingerprint density at radius 1 is 1.19 bits per heavy atom. The van der Waals surface area contributed by atoms with Gasteiger partial charge >= 0.3 is 7.12 Å². The summed E-state index contributed by atoms with van der Waals surface area (Å²) in [5, 5.41) is 0. The summed E-state index contributed by atoms with van der Waals surface area (Å²) in [5.74, 6) is 0.595. The Balaban J connectivity index is 2.44. The first kappa shape index (κ1) is 15.9. The molecule has 0 spiro atoms. The van der Waals surface area contributed by atoms with Crippen LogP contribution in [0.5, 0.6) is 5.75 Å². The molecule has 0 aliphatic carbocycles. The second-order valence-electron chi connectivity index (χ2n) is 6.20. The van der Waals surface area contributed by atoms with E-state index in [0.717, 1.165) is 11.0 Å². The van der Waals surface area contributed by atoms with Gasteiger partial charge in [0, 0.05) is 18.8 Å². The van der Waals surface area contributed by atoms with Gasteiger partial charge in [-0.05, 0) is 39.2 Å². The summed E-state index contributed by atoms with van der Waals surface area (Å²) >= 11 is 0. The van der Waals surface area contributed by atoms with Gasteiger partial charge in [-0.3, -0.25) is 4.99 Å². The van der Waals surface area contributed by atoms with E-state index in [1.165, 1.54) is 0 Å². The Hall–Kier alpha value is -1.53. The highest BCUT2D eigenvalue weighted by Gasteiger charge is 2.51. The first-order valence-corrected chi connectivity index (χ1v) is 6.97. The van der Waals surface area contributed by atoms with Crippen molar-refractivity contribution in [2.75, 3.05) is 19.9 Å². The molecule has 114 valence electrons. The fraction of sp³-hybridized carbons (Fsp3) is 0.533. The van der Waals surface area contributed by atoms with E-state index in [0.29, 0.717) is 11.4 Å². The molecule has 0 unspecified atom stereocenters. The molecule has 1 fully saturated rings. The largest absolute Gasteiger partial charge is 0.495 e. The van der Waals surface area contributed by atoms with E-state index < -0.39 is 7.12 Å². The van der Waals surface area contributed by atoms with Crippen molar-refractivity contribution in [3.05, 3.63) is 17.7 Å². The molecule has 0 amide bonds. The number of aliphatic imine (C=N–C) groups is 1. The van der Waals surface area contributed by atoms with Crippen molar-refractivity contribution in [3.8, 4) is 5.75 Å². The standard InChI is InChI=1S/C15H23BN2O3/c1-14(2)15(3,4)21-16(20-14)11-7-10(9-18-5)13(17)12(8-11)19-6/h7-9H,17H2,1-6H3. The molecule has 0 bridgehead atoms. The fourth-order valence-corrected chi connectivity index (χ4v) is 2.20. The summed E-state index contributed by atoms with van der Waals surface area (Å²) < 4.78 is 17.5. The van der Waals surface area contributed by atoms with Crippen LogP contribution in [0.2, 0.25) is 0 Å². The molecular weight excluding hydrogens is 267 g/mol. The Morgan fingerprint density at radius 3 is 2.24 bits per heavy atom. The minimum absolute atomic E-state index is 0.384. The Bertz CT molecular complexity index is 554. The van der Waals surface area contributed by atoms with Crippen molar-refractivity contribution in [2.24, 2.45) is 4.99 Å². The lowest BCUT2D eigenvalue weighted by atomic mass is 9.78. The quantitative estimate of drug-likeness (QED) is 0.522. The Labute approximate surface area is 126 Å². The van der Waals surface area contributed by atoms with Crippen LogP contribution in [-0.2, 0) is 9.31 Å². The lowest BCUT2D eigenvalue weighted by Gasteiger charge is -2.32. The summed E-state index contributed by atoms with van der Waals surface area (Å²) in [6.07, 6.45) is 1.70. The van der Waals surface area contributed by atoms with Crippen molar-refractivity contribution in [2.45, 2.75) is 38.9 Å². The predicted molar refractivity (Wildman–Crippen MR) is 86.6 cm³/mol. The molecular formula is C15H23BN2O3. The topological polar surface area (TPSA) is 66.1 Å². The van der Waals surface area contributed by atoms with Crippen molar-refractivity contribution in [3.63, 3.8) is 0 Å². The number of benzene rings is 1. The molecule has 1 aromatic rings. The van der Waals surface area contributed by atoms with Crippen molar-refractivity contribution in [1.29, 1.82) is 0 Å². The molecule has 1 heterocycles. The number of hydrogen-bond donors (Lipinski definition) is 1. The molecule has 1 saturated heterocycles. The fourth-order valence-electron chi connectivity index (χ4n) is 2.20. The van der Waals surface area contributed by atoms with Crippen LogP contribution in [0.15, 0.2) is 17.1 Å². The number of nitrogens with two attached hydrogens (primary N) is 1. The minimum Gasteiger partial charge on any atom is -0.495 e. The summed E-state index contributed by atoms with van der Waals surface area (Å²) in [5.41, 5.74) is 7.51. The SMILES string of the molecule is CN=Cc1cc(B2OC(C)(C)C(C)(C)O2)cc(OC)c1N. The van der Waals surface area contributed by atoms with Crippen LogP contribution in [0.4, 0.5) is 5.69 Å². The molecule has 6 heteroatoms. The van der Waals surface area contributed by atoms with Gasteiger partial charge in [0.15, 0.2) is 0 Å². The number of rotatable bonds is 3. The van der Waals surface area contributed by atoms with E-state index >= 15 is 0 Å². The lowest BCUT2D eigenvalue weighted by molar-refractivity contribution is 0.00578. The molecule has 21 heavy (non-hydrogen) atoms. The number of hydrogen-bond acceptors (Lipinski definition) is 5. The third-order valence-electron chi connectivity index (χ3n) is 4.21. The normalized spacial score (nSPS) is 20.2. The molecule has 1 aliphatic heterocycles. The third kappa shape index (κ3) is 2.78. The van der Waals surface area contributed by atoms with E-state index in [1.54, 1.807) is 20.4 Å².